The van der Waals surface area contributed by atoms with Crippen LogP contribution in [0.25, 0.3) is 11.0 Å². The molecule has 3 heterocycles. The lowest BCUT2D eigenvalue weighted by Crippen LogP contribution is -2.47. The van der Waals surface area contributed by atoms with Crippen LogP contribution in [0.5, 0.6) is 0 Å². The third kappa shape index (κ3) is 4.75. The highest BCUT2D eigenvalue weighted by molar-refractivity contribution is 6.30. The van der Waals surface area contributed by atoms with Crippen LogP contribution in [-0.4, -0.2) is 69.1 Å². The Kier molecular flexibility index (Phi) is 7.46. The van der Waals surface area contributed by atoms with E-state index < -0.39 is 41.7 Å². The van der Waals surface area contributed by atoms with Gasteiger partial charge in [0, 0.05) is 26.7 Å². The predicted molar refractivity (Wildman–Crippen MR) is 128 cm³/mol. The number of fused-ring (bicyclic) bond motifs is 1. The molecule has 11 heteroatoms. The van der Waals surface area contributed by atoms with Gasteiger partial charge in [-0.2, -0.15) is 5.10 Å². The highest BCUT2D eigenvalue weighted by Crippen LogP contribution is 2.31. The van der Waals surface area contributed by atoms with Gasteiger partial charge >= 0.3 is 0 Å². The van der Waals surface area contributed by atoms with Gasteiger partial charge in [-0.25, -0.2) is 18.4 Å². The molecule has 1 amide bonds. The first-order chi connectivity index (χ1) is 17.1. The van der Waals surface area contributed by atoms with Crippen molar-refractivity contribution < 1.29 is 27.9 Å². The normalized spacial score (nSPS) is 20.6. The Bertz CT molecular complexity index is 1330. The lowest BCUT2D eigenvalue weighted by molar-refractivity contribution is -0.140. The summed E-state index contributed by atoms with van der Waals surface area (Å²) >= 11 is 5.87. The molecule has 0 saturated carbocycles. The van der Waals surface area contributed by atoms with E-state index in [4.69, 9.17) is 16.3 Å². The van der Waals surface area contributed by atoms with E-state index in [1.165, 1.54) is 37.0 Å². The first-order valence-corrected chi connectivity index (χ1v) is 11.8. The number of hydrogen-bond acceptors (Lipinski definition) is 6. The molecular weight excluding hydrogens is 494 g/mol. The molecule has 190 valence electrons. The number of nitrogens with zero attached hydrogens (tertiary/aromatic N) is 4. The molecular formula is C25H25ClF2N4O4. The van der Waals surface area contributed by atoms with Crippen molar-refractivity contribution in [2.24, 2.45) is 0 Å². The number of likely N-dealkylation sites (tertiary alicyclic amines) is 1. The lowest BCUT2D eigenvalue weighted by atomic mass is 9.91. The van der Waals surface area contributed by atoms with Crippen molar-refractivity contribution in [3.63, 3.8) is 0 Å². The van der Waals surface area contributed by atoms with Crippen LogP contribution in [0.15, 0.2) is 36.5 Å². The van der Waals surface area contributed by atoms with Gasteiger partial charge in [-0.3, -0.25) is 14.4 Å². The standard InChI is InChI=1S/C25H25ClF2N4O4/c1-13(15-6-4-8-17(26)21(15)28)10-19(34)23-24(36-3)18(27)11-31(23)20(35)12-32-25-16(7-5-9-29-25)22(30-32)14(2)33/h4-9,13,18,23-24H,10-12H2,1-3H3/t13-,18-,23+,24+/m0/s1. The number of ketones is 2. The van der Waals surface area contributed by atoms with Crippen LogP contribution in [0.2, 0.25) is 5.02 Å². The number of pyridine rings is 1. The highest BCUT2D eigenvalue weighted by Gasteiger charge is 2.48. The summed E-state index contributed by atoms with van der Waals surface area (Å²) < 4.78 is 35.9. The molecule has 2 aromatic heterocycles. The average Bonchev–Trinajstić information content (AvgIpc) is 3.38. The number of rotatable bonds is 8. The average molecular weight is 519 g/mol. The summed E-state index contributed by atoms with van der Waals surface area (Å²) in [4.78, 5) is 44.0. The molecule has 1 fully saturated rings. The SMILES string of the molecule is CO[C@H]1[C@@H](C(=O)C[C@H](C)c2cccc(Cl)c2F)N(C(=O)Cn2nc(C(C)=O)c3cccnc32)C[C@@H]1F. The molecule has 8 nitrogen and oxygen atoms in total. The van der Waals surface area contributed by atoms with Crippen LogP contribution >= 0.6 is 11.6 Å². The Morgan fingerprint density at radius 3 is 2.69 bits per heavy atom. The van der Waals surface area contributed by atoms with Crippen molar-refractivity contribution in [3.8, 4) is 0 Å². The maximum Gasteiger partial charge on any atom is 0.245 e. The van der Waals surface area contributed by atoms with Crippen LogP contribution in [0.4, 0.5) is 8.78 Å². The summed E-state index contributed by atoms with van der Waals surface area (Å²) in [5.74, 6) is -2.53. The Balaban J connectivity index is 1.59. The first-order valence-electron chi connectivity index (χ1n) is 11.4. The summed E-state index contributed by atoms with van der Waals surface area (Å²) in [5.41, 5.74) is 0.738. The number of methoxy groups -OCH3 is 1. The second kappa shape index (κ2) is 10.4. The van der Waals surface area contributed by atoms with Crippen molar-refractivity contribution >= 4 is 40.1 Å². The van der Waals surface area contributed by atoms with E-state index in [9.17, 15) is 23.2 Å². The number of carbonyl (C=O) groups excluding carboxylic acids is 3. The van der Waals surface area contributed by atoms with Gasteiger partial charge in [0.25, 0.3) is 0 Å². The smallest absolute Gasteiger partial charge is 0.245 e. The fourth-order valence-corrected chi connectivity index (χ4v) is 4.89. The van der Waals surface area contributed by atoms with Crippen molar-refractivity contribution in [2.45, 2.75) is 51.0 Å². The molecule has 1 aliphatic heterocycles. The summed E-state index contributed by atoms with van der Waals surface area (Å²) in [6.45, 7) is 2.32. The molecule has 4 rings (SSSR count). The van der Waals surface area contributed by atoms with E-state index in [0.717, 1.165) is 4.90 Å². The fourth-order valence-electron chi connectivity index (χ4n) is 4.70. The van der Waals surface area contributed by atoms with Gasteiger partial charge in [-0.15, -0.1) is 0 Å². The Labute approximate surface area is 211 Å². The van der Waals surface area contributed by atoms with Crippen molar-refractivity contribution in [3.05, 3.63) is 58.6 Å². The van der Waals surface area contributed by atoms with E-state index in [-0.39, 0.29) is 41.6 Å². The third-order valence-corrected chi connectivity index (χ3v) is 6.73. The summed E-state index contributed by atoms with van der Waals surface area (Å²) in [6, 6.07) is 6.64. The summed E-state index contributed by atoms with van der Waals surface area (Å²) in [6.07, 6.45) is -1.41. The van der Waals surface area contributed by atoms with Gasteiger partial charge in [-0.1, -0.05) is 30.7 Å². The molecule has 1 saturated heterocycles. The molecule has 0 spiro atoms. The minimum Gasteiger partial charge on any atom is -0.376 e. The summed E-state index contributed by atoms with van der Waals surface area (Å²) in [5, 5.41) is 4.65. The topological polar surface area (TPSA) is 94.4 Å². The van der Waals surface area contributed by atoms with Crippen molar-refractivity contribution in [1.82, 2.24) is 19.7 Å². The number of aromatic nitrogens is 3. The maximum absolute atomic E-state index is 14.9. The minimum atomic E-state index is -1.59. The van der Waals surface area contributed by atoms with Gasteiger partial charge in [0.1, 0.15) is 36.4 Å². The third-order valence-electron chi connectivity index (χ3n) is 6.44. The van der Waals surface area contributed by atoms with Gasteiger partial charge in [0.05, 0.1) is 17.0 Å². The fraction of sp³-hybridized carbons (Fsp3) is 0.400. The quantitative estimate of drug-likeness (QED) is 0.422. The molecule has 1 aromatic carbocycles. The van der Waals surface area contributed by atoms with E-state index in [0.29, 0.717) is 11.0 Å². The van der Waals surface area contributed by atoms with Crippen LogP contribution < -0.4 is 0 Å². The van der Waals surface area contributed by atoms with E-state index >= 15 is 0 Å². The van der Waals surface area contributed by atoms with E-state index in [2.05, 4.69) is 10.1 Å². The number of amides is 1. The second-order valence-corrected chi connectivity index (χ2v) is 9.27. The number of alkyl halides is 1. The Morgan fingerprint density at radius 2 is 2.00 bits per heavy atom. The monoisotopic (exact) mass is 518 g/mol. The molecule has 0 bridgehead atoms. The molecule has 0 radical (unpaired) electrons. The molecule has 4 atom stereocenters. The maximum atomic E-state index is 14.9. The first kappa shape index (κ1) is 25.8. The molecule has 0 unspecified atom stereocenters. The van der Waals surface area contributed by atoms with Gasteiger partial charge in [0.2, 0.25) is 5.91 Å². The number of halogens is 3. The van der Waals surface area contributed by atoms with E-state index in [1.807, 2.05) is 0 Å². The zero-order chi connectivity index (χ0) is 26.1. The van der Waals surface area contributed by atoms with Crippen LogP contribution in [0.1, 0.15) is 42.2 Å². The van der Waals surface area contributed by atoms with Gasteiger partial charge < -0.3 is 9.64 Å². The second-order valence-electron chi connectivity index (χ2n) is 8.86. The molecule has 36 heavy (non-hydrogen) atoms. The minimum absolute atomic E-state index is 0.0620. The Morgan fingerprint density at radius 1 is 1.25 bits per heavy atom. The Hall–Kier alpha value is -3.24. The number of carbonyl (C=O) groups is 3. The number of hydrogen-bond donors (Lipinski definition) is 0. The predicted octanol–water partition coefficient (Wildman–Crippen LogP) is 3.75. The van der Waals surface area contributed by atoms with Crippen molar-refractivity contribution in [2.75, 3.05) is 13.7 Å². The zero-order valence-corrected chi connectivity index (χ0v) is 20.7. The van der Waals surface area contributed by atoms with Gasteiger partial charge in [-0.05, 0) is 29.7 Å². The van der Waals surface area contributed by atoms with Crippen LogP contribution in [-0.2, 0) is 20.9 Å². The van der Waals surface area contributed by atoms with E-state index in [1.54, 1.807) is 25.1 Å². The number of ether oxygens (including phenoxy) is 1. The van der Waals surface area contributed by atoms with Gasteiger partial charge in [0.15, 0.2) is 17.2 Å². The van der Waals surface area contributed by atoms with Crippen molar-refractivity contribution in [1.29, 1.82) is 0 Å². The molecule has 1 aliphatic rings. The largest absolute Gasteiger partial charge is 0.376 e. The van der Waals surface area contributed by atoms with Crippen LogP contribution in [0.3, 0.4) is 0 Å². The lowest BCUT2D eigenvalue weighted by Gasteiger charge is -2.27. The van der Waals surface area contributed by atoms with Crippen LogP contribution in [0, 0.1) is 5.82 Å². The number of Topliss-reactive ketones (excluding diaryl/α,β-unsaturated/α-hetero) is 2. The summed E-state index contributed by atoms with van der Waals surface area (Å²) in [7, 11) is 1.27. The zero-order valence-electron chi connectivity index (χ0n) is 20.0. The molecule has 0 aliphatic carbocycles. The molecule has 3 aromatic rings. The highest BCUT2D eigenvalue weighted by atomic mass is 35.5. The number of benzene rings is 1. The molecule has 0 N–H and O–H groups in total.